The molecule has 2 aromatic heterocycles. The largest absolute Gasteiger partial charge is 0.466 e. The molecular weight excluding hydrogens is 516 g/mol. The van der Waals surface area contributed by atoms with Crippen molar-refractivity contribution in [3.05, 3.63) is 71.8 Å². The van der Waals surface area contributed by atoms with Crippen LogP contribution in [0.5, 0.6) is 0 Å². The number of carbonyl (C=O) groups excluding carboxylic acids is 4. The summed E-state index contributed by atoms with van der Waals surface area (Å²) in [4.78, 5) is 51.2. The van der Waals surface area contributed by atoms with Crippen molar-refractivity contribution in [3.8, 4) is 11.4 Å². The van der Waals surface area contributed by atoms with Crippen LogP contribution in [0.4, 0.5) is 0 Å². The SMILES string of the molecule is COC(=O)/C=C(\C(=O)OC)c1c(-c2c(/C(=C\C(=O)OC)C(=O)OC)c3ccccc3n2C)n(C)c2ccccc12. The molecule has 4 rings (SSSR count). The normalized spacial score (nSPS) is 11.9. The fourth-order valence-corrected chi connectivity index (χ4v) is 4.93. The number of methoxy groups -OCH3 is 4. The molecule has 40 heavy (non-hydrogen) atoms. The smallest absolute Gasteiger partial charge is 0.338 e. The molecule has 0 saturated heterocycles. The molecule has 0 spiro atoms. The number of nitrogens with zero attached hydrogens (tertiary/aromatic N) is 2. The average Bonchev–Trinajstić information content (AvgIpc) is 3.43. The highest BCUT2D eigenvalue weighted by Gasteiger charge is 2.32. The van der Waals surface area contributed by atoms with E-state index in [0.717, 1.165) is 23.2 Å². The average molecular weight is 545 g/mol. The third-order valence-corrected chi connectivity index (χ3v) is 6.71. The molecule has 0 unspecified atom stereocenters. The molecule has 0 fully saturated rings. The van der Waals surface area contributed by atoms with Gasteiger partial charge in [-0.25, -0.2) is 19.2 Å². The summed E-state index contributed by atoms with van der Waals surface area (Å²) in [6.45, 7) is 0. The minimum absolute atomic E-state index is 0.0473. The van der Waals surface area contributed by atoms with Crippen LogP contribution in [-0.2, 0) is 52.2 Å². The Labute approximate surface area is 230 Å². The molecule has 0 aliphatic heterocycles. The molecule has 10 nitrogen and oxygen atoms in total. The quantitative estimate of drug-likeness (QED) is 0.196. The summed E-state index contributed by atoms with van der Waals surface area (Å²) >= 11 is 0. The van der Waals surface area contributed by atoms with Crippen LogP contribution in [0.1, 0.15) is 11.1 Å². The van der Waals surface area contributed by atoms with Crippen LogP contribution in [0.2, 0.25) is 0 Å². The van der Waals surface area contributed by atoms with Crippen molar-refractivity contribution in [2.75, 3.05) is 28.4 Å². The van der Waals surface area contributed by atoms with Crippen molar-refractivity contribution in [1.82, 2.24) is 9.13 Å². The van der Waals surface area contributed by atoms with Gasteiger partial charge in [0.1, 0.15) is 0 Å². The second kappa shape index (κ2) is 11.3. The molecule has 0 radical (unpaired) electrons. The monoisotopic (exact) mass is 544 g/mol. The van der Waals surface area contributed by atoms with Gasteiger partial charge in [0.05, 0.1) is 51.0 Å². The topological polar surface area (TPSA) is 115 Å². The van der Waals surface area contributed by atoms with Crippen LogP contribution in [0.25, 0.3) is 44.3 Å². The van der Waals surface area contributed by atoms with E-state index in [4.69, 9.17) is 18.9 Å². The van der Waals surface area contributed by atoms with Gasteiger partial charge in [0.15, 0.2) is 0 Å². The Bertz CT molecular complexity index is 1610. The maximum atomic E-state index is 13.2. The maximum Gasteiger partial charge on any atom is 0.338 e. The van der Waals surface area contributed by atoms with Crippen molar-refractivity contribution in [2.24, 2.45) is 14.1 Å². The van der Waals surface area contributed by atoms with E-state index in [9.17, 15) is 19.2 Å². The van der Waals surface area contributed by atoms with E-state index in [0.29, 0.717) is 33.3 Å². The van der Waals surface area contributed by atoms with Gasteiger partial charge in [0, 0.05) is 59.2 Å². The zero-order valence-electron chi connectivity index (χ0n) is 22.9. The molecule has 0 aliphatic carbocycles. The predicted octanol–water partition coefficient (Wildman–Crippen LogP) is 3.80. The summed E-state index contributed by atoms with van der Waals surface area (Å²) in [5.41, 5.74) is 3.10. The summed E-state index contributed by atoms with van der Waals surface area (Å²) in [7, 11) is 8.46. The fourth-order valence-electron chi connectivity index (χ4n) is 4.93. The zero-order valence-corrected chi connectivity index (χ0v) is 22.9. The van der Waals surface area contributed by atoms with Crippen molar-refractivity contribution in [3.63, 3.8) is 0 Å². The first-order valence-electron chi connectivity index (χ1n) is 12.1. The highest BCUT2D eigenvalue weighted by Crippen LogP contribution is 2.44. The van der Waals surface area contributed by atoms with E-state index in [1.165, 1.54) is 28.4 Å². The van der Waals surface area contributed by atoms with Gasteiger partial charge in [-0.2, -0.15) is 0 Å². The number of aryl methyl sites for hydroxylation is 2. The van der Waals surface area contributed by atoms with Crippen LogP contribution in [-0.4, -0.2) is 61.5 Å². The number of aromatic nitrogens is 2. The first kappa shape index (κ1) is 27.9. The van der Waals surface area contributed by atoms with Crippen molar-refractivity contribution < 1.29 is 38.1 Å². The van der Waals surface area contributed by atoms with Crippen molar-refractivity contribution >= 4 is 56.8 Å². The second-order valence-corrected chi connectivity index (χ2v) is 8.75. The first-order valence-corrected chi connectivity index (χ1v) is 12.1. The Hall–Kier alpha value is -5.12. The lowest BCUT2D eigenvalue weighted by atomic mass is 9.95. The Morgan fingerprint density at radius 1 is 0.575 bits per heavy atom. The number of fused-ring (bicyclic) bond motifs is 2. The Balaban J connectivity index is 2.28. The number of esters is 4. The summed E-state index contributed by atoms with van der Waals surface area (Å²) in [6, 6.07) is 14.7. The number of ether oxygens (including phenoxy) is 4. The molecule has 2 heterocycles. The Morgan fingerprint density at radius 3 is 1.25 bits per heavy atom. The summed E-state index contributed by atoms with van der Waals surface area (Å²) in [5.74, 6) is -3.03. The molecule has 0 bridgehead atoms. The molecule has 2 aromatic carbocycles. The highest BCUT2D eigenvalue weighted by atomic mass is 16.5. The number of benzene rings is 2. The predicted molar refractivity (Wildman–Crippen MR) is 149 cm³/mol. The van der Waals surface area contributed by atoms with Gasteiger partial charge in [-0.1, -0.05) is 36.4 Å². The lowest BCUT2D eigenvalue weighted by Crippen LogP contribution is -2.11. The van der Waals surface area contributed by atoms with E-state index in [-0.39, 0.29) is 11.1 Å². The molecular formula is C30H28N2O8. The third-order valence-electron chi connectivity index (χ3n) is 6.71. The number of para-hydroxylation sites is 2. The Morgan fingerprint density at radius 2 is 0.925 bits per heavy atom. The molecule has 0 N–H and O–H groups in total. The van der Waals surface area contributed by atoms with Gasteiger partial charge in [0.25, 0.3) is 0 Å². The Kier molecular flexibility index (Phi) is 7.90. The number of carbonyl (C=O) groups is 4. The number of hydrogen-bond acceptors (Lipinski definition) is 8. The fraction of sp³-hybridized carbons (Fsp3) is 0.200. The van der Waals surface area contributed by atoms with Gasteiger partial charge in [-0.3, -0.25) is 0 Å². The van der Waals surface area contributed by atoms with E-state index in [1.807, 2.05) is 57.7 Å². The lowest BCUT2D eigenvalue weighted by Gasteiger charge is -2.15. The van der Waals surface area contributed by atoms with Gasteiger partial charge >= 0.3 is 23.9 Å². The molecule has 10 heteroatoms. The van der Waals surface area contributed by atoms with E-state index in [2.05, 4.69) is 0 Å². The van der Waals surface area contributed by atoms with E-state index >= 15 is 0 Å². The summed E-state index contributed by atoms with van der Waals surface area (Å²) in [6.07, 6.45) is 2.15. The van der Waals surface area contributed by atoms with Crippen molar-refractivity contribution in [1.29, 1.82) is 0 Å². The van der Waals surface area contributed by atoms with Crippen LogP contribution in [0.15, 0.2) is 60.7 Å². The molecule has 4 aromatic rings. The van der Waals surface area contributed by atoms with Crippen molar-refractivity contribution in [2.45, 2.75) is 0 Å². The summed E-state index contributed by atoms with van der Waals surface area (Å²) < 4.78 is 23.5. The van der Waals surface area contributed by atoms with Crippen LogP contribution in [0, 0.1) is 0 Å². The standard InChI is InChI=1S/C30H28N2O8/c1-31-21-13-9-7-11-17(21)25(19(29(35)39-5)15-23(33)37-3)27(31)28-26(18-12-8-10-14-22(18)32(28)2)20(30(36)40-6)16-24(34)38-4/h7-16H,1-6H3/b19-15-,20-16+. The van der Waals surface area contributed by atoms with Gasteiger partial charge in [-0.15, -0.1) is 0 Å². The molecule has 0 aliphatic rings. The number of hydrogen-bond donors (Lipinski definition) is 0. The highest BCUT2D eigenvalue weighted by molar-refractivity contribution is 6.28. The first-order chi connectivity index (χ1) is 19.2. The zero-order chi connectivity index (χ0) is 29.1. The molecule has 0 saturated carbocycles. The lowest BCUT2D eigenvalue weighted by molar-refractivity contribution is -0.136. The minimum Gasteiger partial charge on any atom is -0.466 e. The minimum atomic E-state index is -0.762. The molecule has 0 atom stereocenters. The van der Waals surface area contributed by atoms with Crippen LogP contribution in [0.3, 0.4) is 0 Å². The van der Waals surface area contributed by atoms with Crippen LogP contribution < -0.4 is 0 Å². The van der Waals surface area contributed by atoms with Gasteiger partial charge < -0.3 is 28.1 Å². The van der Waals surface area contributed by atoms with E-state index in [1.54, 1.807) is 14.1 Å². The van der Waals surface area contributed by atoms with Gasteiger partial charge in [-0.05, 0) is 12.1 Å². The van der Waals surface area contributed by atoms with E-state index < -0.39 is 23.9 Å². The third kappa shape index (κ3) is 4.64. The van der Waals surface area contributed by atoms with Gasteiger partial charge in [0.2, 0.25) is 0 Å². The molecule has 206 valence electrons. The summed E-state index contributed by atoms with van der Waals surface area (Å²) in [5, 5.41) is 1.29. The van der Waals surface area contributed by atoms with Crippen LogP contribution >= 0.6 is 0 Å². The number of rotatable bonds is 7. The maximum absolute atomic E-state index is 13.2. The second-order valence-electron chi connectivity index (χ2n) is 8.75. The molecule has 0 amide bonds.